The molecule has 0 radical (unpaired) electrons. The summed E-state index contributed by atoms with van der Waals surface area (Å²) >= 11 is 0. The van der Waals surface area contributed by atoms with Crippen LogP contribution in [0.3, 0.4) is 0 Å². The van der Waals surface area contributed by atoms with Gasteiger partial charge in [-0.05, 0) is 25.7 Å². The molecule has 0 unspecified atom stereocenters. The first-order valence-corrected chi connectivity index (χ1v) is 13.2. The van der Waals surface area contributed by atoms with Crippen molar-refractivity contribution in [2.75, 3.05) is 0 Å². The van der Waals surface area contributed by atoms with Gasteiger partial charge in [-0.25, -0.2) is 4.57 Å². The molecule has 0 aromatic heterocycles. The van der Waals surface area contributed by atoms with Gasteiger partial charge in [-0.15, -0.1) is 0 Å². The minimum absolute atomic E-state index is 0.161. The van der Waals surface area contributed by atoms with E-state index in [2.05, 4.69) is 27.7 Å². The molecule has 0 amide bonds. The molecule has 0 aliphatic carbocycles. The predicted molar refractivity (Wildman–Crippen MR) is 116 cm³/mol. The third-order valence-electron chi connectivity index (χ3n) is 5.08. The molecule has 27 heavy (non-hydrogen) atoms. The van der Waals surface area contributed by atoms with Gasteiger partial charge in [0.25, 0.3) is 0 Å². The standard InChI is InChI=1S/C22H47O4P/c1-5-9-13-17-21(18-14-10-6-2)25-27(23,24)26-22(19-15-11-7-3)20-16-12-8-4/h21-22H,5-20H2,1-4H3,(H,23,24). The Hall–Kier alpha value is 0.110. The molecule has 0 aliphatic rings. The van der Waals surface area contributed by atoms with Gasteiger partial charge in [-0.1, -0.05) is 105 Å². The maximum atomic E-state index is 12.7. The van der Waals surface area contributed by atoms with E-state index in [0.29, 0.717) is 0 Å². The Morgan fingerprint density at radius 3 is 1.07 bits per heavy atom. The average Bonchev–Trinajstić information content (AvgIpc) is 2.61. The summed E-state index contributed by atoms with van der Waals surface area (Å²) in [6.45, 7) is 8.68. The van der Waals surface area contributed by atoms with E-state index in [1.807, 2.05) is 0 Å². The Morgan fingerprint density at radius 1 is 0.593 bits per heavy atom. The smallest absolute Gasteiger partial charge is 0.302 e. The Kier molecular flexibility index (Phi) is 18.2. The van der Waals surface area contributed by atoms with Crippen LogP contribution in [0.4, 0.5) is 0 Å². The van der Waals surface area contributed by atoms with Crippen LogP contribution < -0.4 is 0 Å². The fourth-order valence-corrected chi connectivity index (χ4v) is 4.61. The first-order chi connectivity index (χ1) is 13.0. The van der Waals surface area contributed by atoms with Crippen molar-refractivity contribution in [3.8, 4) is 0 Å². The molecule has 4 nitrogen and oxygen atoms in total. The summed E-state index contributed by atoms with van der Waals surface area (Å²) in [6.07, 6.45) is 16.4. The van der Waals surface area contributed by atoms with Gasteiger partial charge in [0.15, 0.2) is 0 Å². The van der Waals surface area contributed by atoms with Crippen molar-refractivity contribution >= 4 is 7.82 Å². The molecule has 1 N–H and O–H groups in total. The van der Waals surface area contributed by atoms with E-state index in [1.165, 1.54) is 0 Å². The molecule has 164 valence electrons. The summed E-state index contributed by atoms with van der Waals surface area (Å²) in [5.74, 6) is 0. The molecule has 0 aromatic carbocycles. The number of phosphoric ester groups is 1. The van der Waals surface area contributed by atoms with Gasteiger partial charge in [0, 0.05) is 0 Å². The predicted octanol–water partition coefficient (Wildman–Crippen LogP) is 8.18. The molecule has 0 rings (SSSR count). The number of phosphoric acid groups is 1. The molecule has 5 heteroatoms. The lowest BCUT2D eigenvalue weighted by molar-refractivity contribution is 0.0577. The molecule has 0 fully saturated rings. The minimum Gasteiger partial charge on any atom is -0.302 e. The lowest BCUT2D eigenvalue weighted by atomic mass is 10.0. The highest BCUT2D eigenvalue weighted by molar-refractivity contribution is 7.47. The molecule has 0 aliphatic heterocycles. The average molecular weight is 407 g/mol. The van der Waals surface area contributed by atoms with Gasteiger partial charge < -0.3 is 4.89 Å². The fraction of sp³-hybridized carbons (Fsp3) is 1.00. The van der Waals surface area contributed by atoms with E-state index >= 15 is 0 Å². The summed E-state index contributed by atoms with van der Waals surface area (Å²) < 4.78 is 24.0. The minimum atomic E-state index is -4.00. The SMILES string of the molecule is CCCCCC(CCCCC)OP(=O)(O)OC(CCCCC)CCCCC. The van der Waals surface area contributed by atoms with Gasteiger partial charge in [-0.2, -0.15) is 0 Å². The maximum absolute atomic E-state index is 12.7. The van der Waals surface area contributed by atoms with Gasteiger partial charge in [-0.3, -0.25) is 9.05 Å². The Labute approximate surface area is 169 Å². The van der Waals surface area contributed by atoms with E-state index in [4.69, 9.17) is 9.05 Å². The molecule has 0 heterocycles. The Balaban J connectivity index is 4.67. The highest BCUT2D eigenvalue weighted by atomic mass is 31.2. The summed E-state index contributed by atoms with van der Waals surface area (Å²) in [7, 11) is -4.00. The van der Waals surface area contributed by atoms with Gasteiger partial charge in [0.1, 0.15) is 0 Å². The first-order valence-electron chi connectivity index (χ1n) is 11.7. The van der Waals surface area contributed by atoms with Crippen molar-refractivity contribution in [2.45, 2.75) is 143 Å². The third-order valence-corrected chi connectivity index (χ3v) is 6.21. The molecule has 0 saturated carbocycles. The fourth-order valence-electron chi connectivity index (χ4n) is 3.39. The van der Waals surface area contributed by atoms with Crippen molar-refractivity contribution < 1.29 is 18.5 Å². The number of rotatable bonds is 20. The summed E-state index contributed by atoms with van der Waals surface area (Å²) in [5, 5.41) is 0. The second kappa shape index (κ2) is 18.2. The molecule has 0 saturated heterocycles. The van der Waals surface area contributed by atoms with Crippen molar-refractivity contribution in [1.82, 2.24) is 0 Å². The Bertz CT molecular complexity index is 312. The van der Waals surface area contributed by atoms with Crippen LogP contribution in [0.25, 0.3) is 0 Å². The van der Waals surface area contributed by atoms with Crippen molar-refractivity contribution in [1.29, 1.82) is 0 Å². The Morgan fingerprint density at radius 2 is 0.852 bits per heavy atom. The van der Waals surface area contributed by atoms with E-state index in [1.54, 1.807) is 0 Å². The quantitative estimate of drug-likeness (QED) is 0.164. The molecular formula is C22H47O4P. The van der Waals surface area contributed by atoms with Crippen LogP contribution in [0, 0.1) is 0 Å². The molecule has 0 bridgehead atoms. The normalized spacial score (nSPS) is 12.4. The zero-order valence-corrected chi connectivity index (χ0v) is 19.5. The lowest BCUT2D eigenvalue weighted by Gasteiger charge is -2.25. The van der Waals surface area contributed by atoms with Gasteiger partial charge >= 0.3 is 7.82 Å². The first kappa shape index (κ1) is 27.1. The van der Waals surface area contributed by atoms with E-state index in [9.17, 15) is 9.46 Å². The van der Waals surface area contributed by atoms with E-state index < -0.39 is 7.82 Å². The maximum Gasteiger partial charge on any atom is 0.472 e. The summed E-state index contributed by atoms with van der Waals surface area (Å²) in [4.78, 5) is 10.4. The van der Waals surface area contributed by atoms with Crippen LogP contribution >= 0.6 is 7.82 Å². The van der Waals surface area contributed by atoms with Crippen molar-refractivity contribution in [3.63, 3.8) is 0 Å². The van der Waals surface area contributed by atoms with Crippen molar-refractivity contribution in [2.24, 2.45) is 0 Å². The second-order valence-corrected chi connectivity index (χ2v) is 9.27. The highest BCUT2D eigenvalue weighted by Crippen LogP contribution is 2.48. The molecule has 0 aromatic rings. The van der Waals surface area contributed by atoms with Crippen LogP contribution in [-0.4, -0.2) is 17.1 Å². The van der Waals surface area contributed by atoms with E-state index in [0.717, 1.165) is 103 Å². The zero-order chi connectivity index (χ0) is 20.4. The van der Waals surface area contributed by atoms with Crippen LogP contribution in [0.15, 0.2) is 0 Å². The van der Waals surface area contributed by atoms with Crippen LogP contribution in [0.5, 0.6) is 0 Å². The van der Waals surface area contributed by atoms with Gasteiger partial charge in [0.2, 0.25) is 0 Å². The topological polar surface area (TPSA) is 55.8 Å². The third kappa shape index (κ3) is 16.7. The zero-order valence-electron chi connectivity index (χ0n) is 18.6. The molecule has 0 spiro atoms. The highest BCUT2D eigenvalue weighted by Gasteiger charge is 2.29. The van der Waals surface area contributed by atoms with Crippen LogP contribution in [-0.2, 0) is 13.6 Å². The number of unbranched alkanes of at least 4 members (excludes halogenated alkanes) is 8. The summed E-state index contributed by atoms with van der Waals surface area (Å²) in [6, 6.07) is 0. The van der Waals surface area contributed by atoms with Gasteiger partial charge in [0.05, 0.1) is 12.2 Å². The van der Waals surface area contributed by atoms with Crippen LogP contribution in [0.1, 0.15) is 130 Å². The number of hydrogen-bond donors (Lipinski definition) is 1. The lowest BCUT2D eigenvalue weighted by Crippen LogP contribution is -2.17. The van der Waals surface area contributed by atoms with Crippen molar-refractivity contribution in [3.05, 3.63) is 0 Å². The van der Waals surface area contributed by atoms with Crippen LogP contribution in [0.2, 0.25) is 0 Å². The summed E-state index contributed by atoms with van der Waals surface area (Å²) in [5.41, 5.74) is 0. The number of hydrogen-bond acceptors (Lipinski definition) is 3. The largest absolute Gasteiger partial charge is 0.472 e. The second-order valence-electron chi connectivity index (χ2n) is 7.91. The van der Waals surface area contributed by atoms with E-state index in [-0.39, 0.29) is 12.2 Å². The monoisotopic (exact) mass is 406 g/mol. The molecular weight excluding hydrogens is 359 g/mol. The molecule has 0 atom stereocenters.